The molecule has 0 spiro atoms. The van der Waals surface area contributed by atoms with E-state index in [1.54, 1.807) is 0 Å². The second-order valence-electron chi connectivity index (χ2n) is 7.94. The molecule has 1 aliphatic rings. The maximum absolute atomic E-state index is 6.07. The van der Waals surface area contributed by atoms with Gasteiger partial charge in [-0.05, 0) is 28.2 Å². The van der Waals surface area contributed by atoms with E-state index >= 15 is 0 Å². The molecule has 1 heterocycles. The first-order valence-corrected chi connectivity index (χ1v) is 6.80. The van der Waals surface area contributed by atoms with E-state index in [-0.39, 0.29) is 22.3 Å². The second kappa shape index (κ2) is 4.42. The molecule has 1 aliphatic heterocycles. The largest absolute Gasteiger partial charge is 0.373 e. The van der Waals surface area contributed by atoms with Crippen LogP contribution in [0.3, 0.4) is 0 Å². The van der Waals surface area contributed by atoms with E-state index in [9.17, 15) is 0 Å². The van der Waals surface area contributed by atoms with Gasteiger partial charge >= 0.3 is 0 Å². The molecule has 0 aliphatic carbocycles. The van der Waals surface area contributed by atoms with Crippen LogP contribution >= 0.6 is 0 Å². The Bertz CT molecular complexity index is 296. The molecule has 0 bridgehead atoms. The second-order valence-corrected chi connectivity index (χ2v) is 7.94. The third kappa shape index (κ3) is 2.93. The van der Waals surface area contributed by atoms with Gasteiger partial charge in [-0.1, -0.05) is 61.5 Å². The molecule has 0 saturated carbocycles. The van der Waals surface area contributed by atoms with Crippen LogP contribution in [0.25, 0.3) is 0 Å². The van der Waals surface area contributed by atoms with Crippen LogP contribution in [0.4, 0.5) is 0 Å². The average Bonchev–Trinajstić information content (AvgIpc) is 2.14. The van der Waals surface area contributed by atoms with Gasteiger partial charge in [-0.25, -0.2) is 0 Å². The summed E-state index contributed by atoms with van der Waals surface area (Å²) in [4.78, 5) is 0. The SMILES string of the molecule is CC(C)(C)C1OCCC=C1C(C)(C)C(C)(C)C. The Morgan fingerprint density at radius 1 is 1.00 bits per heavy atom. The molecular weight excluding hydrogens is 208 g/mol. The molecule has 0 radical (unpaired) electrons. The summed E-state index contributed by atoms with van der Waals surface area (Å²) in [5, 5.41) is 0. The van der Waals surface area contributed by atoms with E-state index in [1.165, 1.54) is 5.57 Å². The summed E-state index contributed by atoms with van der Waals surface area (Å²) in [6.45, 7) is 19.4. The minimum atomic E-state index is 0.172. The molecule has 0 saturated heterocycles. The van der Waals surface area contributed by atoms with Crippen LogP contribution in [0.5, 0.6) is 0 Å². The Morgan fingerprint density at radius 2 is 1.53 bits per heavy atom. The molecule has 0 aromatic rings. The Kier molecular flexibility index (Phi) is 3.84. The normalized spacial score (nSPS) is 23.5. The summed E-state index contributed by atoms with van der Waals surface area (Å²) >= 11 is 0. The average molecular weight is 238 g/mol. The van der Waals surface area contributed by atoms with Crippen LogP contribution < -0.4 is 0 Å². The number of hydrogen-bond donors (Lipinski definition) is 0. The van der Waals surface area contributed by atoms with E-state index in [0.717, 1.165) is 13.0 Å². The Labute approximate surface area is 108 Å². The fraction of sp³-hybridized carbons (Fsp3) is 0.875. The summed E-state index contributed by atoms with van der Waals surface area (Å²) in [5.74, 6) is 0. The highest BCUT2D eigenvalue weighted by Gasteiger charge is 2.43. The van der Waals surface area contributed by atoms with E-state index in [1.807, 2.05) is 0 Å². The predicted molar refractivity (Wildman–Crippen MR) is 75.1 cm³/mol. The zero-order chi connectivity index (χ0) is 13.5. The highest BCUT2D eigenvalue weighted by atomic mass is 16.5. The highest BCUT2D eigenvalue weighted by Crippen LogP contribution is 2.49. The van der Waals surface area contributed by atoms with Crippen LogP contribution in [-0.4, -0.2) is 12.7 Å². The zero-order valence-electron chi connectivity index (χ0n) is 13.0. The summed E-state index contributed by atoms with van der Waals surface area (Å²) in [6, 6.07) is 0. The Hall–Kier alpha value is -0.300. The van der Waals surface area contributed by atoms with Crippen molar-refractivity contribution in [2.75, 3.05) is 6.61 Å². The van der Waals surface area contributed by atoms with Crippen molar-refractivity contribution in [3.05, 3.63) is 11.6 Å². The van der Waals surface area contributed by atoms with Gasteiger partial charge in [-0.3, -0.25) is 0 Å². The lowest BCUT2D eigenvalue weighted by atomic mass is 9.61. The third-order valence-corrected chi connectivity index (χ3v) is 4.43. The highest BCUT2D eigenvalue weighted by molar-refractivity contribution is 5.24. The smallest absolute Gasteiger partial charge is 0.0838 e. The molecule has 1 rings (SSSR count). The topological polar surface area (TPSA) is 9.23 Å². The maximum Gasteiger partial charge on any atom is 0.0838 e. The zero-order valence-corrected chi connectivity index (χ0v) is 13.0. The number of ether oxygens (including phenoxy) is 1. The molecule has 1 heteroatoms. The van der Waals surface area contributed by atoms with Gasteiger partial charge in [-0.15, -0.1) is 0 Å². The molecule has 1 unspecified atom stereocenters. The molecule has 0 N–H and O–H groups in total. The molecule has 17 heavy (non-hydrogen) atoms. The quantitative estimate of drug-likeness (QED) is 0.595. The fourth-order valence-electron chi connectivity index (χ4n) is 2.33. The fourth-order valence-corrected chi connectivity index (χ4v) is 2.33. The lowest BCUT2D eigenvalue weighted by molar-refractivity contribution is -0.0234. The van der Waals surface area contributed by atoms with Crippen molar-refractivity contribution in [1.82, 2.24) is 0 Å². The lowest BCUT2D eigenvalue weighted by Crippen LogP contribution is -2.43. The standard InChI is InChI=1S/C16H30O/c1-14(2,3)13-12(10-9-11-17-13)16(7,8)15(4,5)6/h10,13H,9,11H2,1-8H3. The minimum Gasteiger partial charge on any atom is -0.373 e. The number of rotatable bonds is 1. The monoisotopic (exact) mass is 238 g/mol. The maximum atomic E-state index is 6.07. The van der Waals surface area contributed by atoms with Crippen molar-refractivity contribution in [3.8, 4) is 0 Å². The number of hydrogen-bond acceptors (Lipinski definition) is 1. The van der Waals surface area contributed by atoms with Gasteiger partial charge < -0.3 is 4.74 Å². The predicted octanol–water partition coefficient (Wildman–Crippen LogP) is 4.82. The van der Waals surface area contributed by atoms with Gasteiger partial charge in [0.15, 0.2) is 0 Å². The first kappa shape index (κ1) is 14.8. The van der Waals surface area contributed by atoms with Gasteiger partial charge in [-0.2, -0.15) is 0 Å². The van der Waals surface area contributed by atoms with E-state index < -0.39 is 0 Å². The van der Waals surface area contributed by atoms with Crippen LogP contribution in [0, 0.1) is 16.2 Å². The van der Waals surface area contributed by atoms with Crippen molar-refractivity contribution < 1.29 is 4.74 Å². The molecule has 100 valence electrons. The van der Waals surface area contributed by atoms with Crippen molar-refractivity contribution in [2.24, 2.45) is 16.2 Å². The summed E-state index contributed by atoms with van der Waals surface area (Å²) in [6.07, 6.45) is 3.73. The van der Waals surface area contributed by atoms with Gasteiger partial charge in [0, 0.05) is 0 Å². The minimum absolute atomic E-state index is 0.172. The first-order chi connectivity index (χ1) is 7.48. The van der Waals surface area contributed by atoms with Gasteiger partial charge in [0.05, 0.1) is 12.7 Å². The summed E-state index contributed by atoms with van der Waals surface area (Å²) in [5.41, 5.74) is 2.09. The van der Waals surface area contributed by atoms with Gasteiger partial charge in [0.2, 0.25) is 0 Å². The Balaban J connectivity index is 3.14. The van der Waals surface area contributed by atoms with Crippen LogP contribution in [0.2, 0.25) is 0 Å². The van der Waals surface area contributed by atoms with Crippen LogP contribution in [0.15, 0.2) is 11.6 Å². The van der Waals surface area contributed by atoms with Crippen LogP contribution in [-0.2, 0) is 4.74 Å². The molecule has 0 aromatic carbocycles. The van der Waals surface area contributed by atoms with E-state index in [4.69, 9.17) is 4.74 Å². The molecule has 1 atom stereocenters. The molecule has 0 aromatic heterocycles. The lowest BCUT2D eigenvalue weighted by Gasteiger charge is -2.48. The Morgan fingerprint density at radius 3 is 1.94 bits per heavy atom. The molecule has 1 nitrogen and oxygen atoms in total. The third-order valence-electron chi connectivity index (χ3n) is 4.43. The summed E-state index contributed by atoms with van der Waals surface area (Å²) < 4.78 is 6.07. The van der Waals surface area contributed by atoms with Crippen molar-refractivity contribution >= 4 is 0 Å². The van der Waals surface area contributed by atoms with Crippen molar-refractivity contribution in [2.45, 2.75) is 67.9 Å². The van der Waals surface area contributed by atoms with Crippen molar-refractivity contribution in [3.63, 3.8) is 0 Å². The van der Waals surface area contributed by atoms with Crippen LogP contribution in [0.1, 0.15) is 61.8 Å². The molecule has 0 fully saturated rings. The molecular formula is C16H30O. The summed E-state index contributed by atoms with van der Waals surface area (Å²) in [7, 11) is 0. The van der Waals surface area contributed by atoms with E-state index in [2.05, 4.69) is 61.5 Å². The van der Waals surface area contributed by atoms with Gasteiger partial charge in [0.25, 0.3) is 0 Å². The van der Waals surface area contributed by atoms with Gasteiger partial charge in [0.1, 0.15) is 0 Å². The van der Waals surface area contributed by atoms with E-state index in [0.29, 0.717) is 0 Å². The van der Waals surface area contributed by atoms with Crippen molar-refractivity contribution in [1.29, 1.82) is 0 Å². The first-order valence-electron chi connectivity index (χ1n) is 6.80. The molecule has 0 amide bonds.